The van der Waals surface area contributed by atoms with Crippen molar-refractivity contribution in [2.24, 2.45) is 12.0 Å². The average Bonchev–Trinajstić information content (AvgIpc) is 2.89. The first-order valence-electron chi connectivity index (χ1n) is 6.85. The summed E-state index contributed by atoms with van der Waals surface area (Å²) in [5, 5.41) is 5.77. The lowest BCUT2D eigenvalue weighted by molar-refractivity contribution is -0.137. The van der Waals surface area contributed by atoms with Gasteiger partial charge in [0.25, 0.3) is 0 Å². The van der Waals surface area contributed by atoms with Gasteiger partial charge in [-0.15, -0.1) is 0 Å². The molecule has 3 aromatic rings. The van der Waals surface area contributed by atoms with Gasteiger partial charge in [0.15, 0.2) is 0 Å². The van der Waals surface area contributed by atoms with Crippen molar-refractivity contribution in [3.05, 3.63) is 63.9 Å². The maximum absolute atomic E-state index is 12.6. The maximum Gasteiger partial charge on any atom is 0.416 e. The molecular weight excluding hydrogens is 359 g/mol. The van der Waals surface area contributed by atoms with Crippen LogP contribution in [-0.2, 0) is 13.2 Å². The summed E-state index contributed by atoms with van der Waals surface area (Å²) in [6.45, 7) is 0. The minimum absolute atomic E-state index is 0.435. The van der Waals surface area contributed by atoms with E-state index in [2.05, 4.69) is 10.1 Å². The van der Waals surface area contributed by atoms with Crippen LogP contribution in [0.1, 0.15) is 5.56 Å². The Hall–Kier alpha value is -2.12. The van der Waals surface area contributed by atoms with Crippen molar-refractivity contribution in [2.45, 2.75) is 6.18 Å². The highest BCUT2D eigenvalue weighted by atomic mass is 35.5. The Morgan fingerprint density at radius 3 is 2.25 bits per heavy atom. The second-order valence-corrected chi connectivity index (χ2v) is 6.37. The summed E-state index contributed by atoms with van der Waals surface area (Å²) in [7, 11) is 1.73. The second-order valence-electron chi connectivity index (χ2n) is 4.98. The normalized spacial score (nSPS) is 12.6. The Kier molecular flexibility index (Phi) is 4.47. The predicted octanol–water partition coefficient (Wildman–Crippen LogP) is 5.05. The first-order chi connectivity index (χ1) is 11.3. The number of halogens is 4. The van der Waals surface area contributed by atoms with Crippen molar-refractivity contribution >= 4 is 28.6 Å². The van der Waals surface area contributed by atoms with Crippen molar-refractivity contribution in [3.63, 3.8) is 0 Å². The Bertz CT molecular complexity index is 909. The van der Waals surface area contributed by atoms with E-state index in [4.69, 9.17) is 11.6 Å². The third-order valence-electron chi connectivity index (χ3n) is 3.22. The molecule has 24 heavy (non-hydrogen) atoms. The molecule has 1 heterocycles. The molecular formula is C16H11ClF3N3S. The van der Waals surface area contributed by atoms with Gasteiger partial charge in [0.05, 0.1) is 11.3 Å². The van der Waals surface area contributed by atoms with Crippen molar-refractivity contribution < 1.29 is 13.2 Å². The van der Waals surface area contributed by atoms with Gasteiger partial charge in [-0.3, -0.25) is 0 Å². The summed E-state index contributed by atoms with van der Waals surface area (Å²) in [6, 6.07) is 11.9. The highest BCUT2D eigenvalue weighted by Gasteiger charge is 2.29. The Morgan fingerprint density at radius 1 is 1.04 bits per heavy atom. The third kappa shape index (κ3) is 3.68. The summed E-state index contributed by atoms with van der Waals surface area (Å²) in [6.07, 6.45) is -4.35. The number of alkyl halides is 3. The molecule has 0 unspecified atom stereocenters. The van der Waals surface area contributed by atoms with Gasteiger partial charge in [-0.25, -0.2) is 9.67 Å². The van der Waals surface area contributed by atoms with E-state index in [-0.39, 0.29) is 0 Å². The fourth-order valence-corrected chi connectivity index (χ4v) is 3.03. The zero-order valence-electron chi connectivity index (χ0n) is 12.4. The van der Waals surface area contributed by atoms with Crippen LogP contribution in [0.15, 0.2) is 53.5 Å². The number of benzene rings is 2. The summed E-state index contributed by atoms with van der Waals surface area (Å²) in [4.78, 5) is 4.94. The largest absolute Gasteiger partial charge is 0.416 e. The van der Waals surface area contributed by atoms with E-state index in [0.717, 1.165) is 22.7 Å². The van der Waals surface area contributed by atoms with Gasteiger partial charge in [0.2, 0.25) is 4.80 Å². The van der Waals surface area contributed by atoms with E-state index >= 15 is 0 Å². The quantitative estimate of drug-likeness (QED) is 0.621. The summed E-state index contributed by atoms with van der Waals surface area (Å²) in [5.74, 6) is 0. The van der Waals surface area contributed by atoms with Crippen LogP contribution in [0.25, 0.3) is 10.6 Å². The number of hydrogen-bond acceptors (Lipinski definition) is 3. The molecule has 3 rings (SSSR count). The van der Waals surface area contributed by atoms with Gasteiger partial charge in [-0.05, 0) is 36.4 Å². The van der Waals surface area contributed by atoms with Crippen LogP contribution in [-0.4, -0.2) is 9.78 Å². The van der Waals surface area contributed by atoms with E-state index in [1.54, 1.807) is 23.9 Å². The molecule has 0 aliphatic heterocycles. The number of aryl methyl sites for hydroxylation is 1. The molecule has 2 aromatic carbocycles. The molecule has 0 saturated carbocycles. The molecule has 0 bridgehead atoms. The molecule has 0 N–H and O–H groups in total. The average molecular weight is 370 g/mol. The smallest absolute Gasteiger partial charge is 0.241 e. The molecule has 1 aromatic heterocycles. The number of rotatable bonds is 2. The SMILES string of the molecule is Cn1nc(-c2ccc(Cl)cc2)s/c1=N/c1ccc(C(F)(F)F)cc1. The molecule has 3 nitrogen and oxygen atoms in total. The van der Waals surface area contributed by atoms with Gasteiger partial charge in [0, 0.05) is 17.6 Å². The molecule has 0 saturated heterocycles. The predicted molar refractivity (Wildman–Crippen MR) is 88.2 cm³/mol. The van der Waals surface area contributed by atoms with Crippen molar-refractivity contribution in [3.8, 4) is 10.6 Å². The Morgan fingerprint density at radius 2 is 1.67 bits per heavy atom. The number of hydrogen-bond donors (Lipinski definition) is 0. The topological polar surface area (TPSA) is 30.2 Å². The highest BCUT2D eigenvalue weighted by Crippen LogP contribution is 2.30. The van der Waals surface area contributed by atoms with E-state index in [9.17, 15) is 13.2 Å². The second kappa shape index (κ2) is 6.41. The van der Waals surface area contributed by atoms with Gasteiger partial charge < -0.3 is 0 Å². The lowest BCUT2D eigenvalue weighted by Gasteiger charge is -2.05. The fraction of sp³-hybridized carbons (Fsp3) is 0.125. The van der Waals surface area contributed by atoms with E-state index in [0.29, 0.717) is 15.5 Å². The molecule has 0 fully saturated rings. The molecule has 0 aliphatic carbocycles. The van der Waals surface area contributed by atoms with E-state index in [1.165, 1.54) is 23.5 Å². The monoisotopic (exact) mass is 369 g/mol. The van der Waals surface area contributed by atoms with Gasteiger partial charge in [-0.2, -0.15) is 18.3 Å². The lowest BCUT2D eigenvalue weighted by Crippen LogP contribution is -2.11. The first-order valence-corrected chi connectivity index (χ1v) is 8.04. The summed E-state index contributed by atoms with van der Waals surface area (Å²) in [5.41, 5.74) is 0.635. The standard InChI is InChI=1S/C16H11ClF3N3S/c1-23-15(21-13-8-4-11(5-9-13)16(18,19)20)24-14(22-23)10-2-6-12(17)7-3-10/h2-9H,1H3/b21-15+. The zero-order chi connectivity index (χ0) is 17.3. The van der Waals surface area contributed by atoms with Gasteiger partial charge >= 0.3 is 6.18 Å². The Labute approximate surface area is 144 Å². The van der Waals surface area contributed by atoms with Crippen LogP contribution in [0.3, 0.4) is 0 Å². The zero-order valence-corrected chi connectivity index (χ0v) is 14.0. The van der Waals surface area contributed by atoms with E-state index < -0.39 is 11.7 Å². The van der Waals surface area contributed by atoms with Gasteiger partial charge in [0.1, 0.15) is 5.01 Å². The fourth-order valence-electron chi connectivity index (χ4n) is 1.99. The van der Waals surface area contributed by atoms with Crippen LogP contribution in [0.5, 0.6) is 0 Å². The van der Waals surface area contributed by atoms with Gasteiger partial charge in [-0.1, -0.05) is 35.1 Å². The summed E-state index contributed by atoms with van der Waals surface area (Å²) < 4.78 is 39.3. The van der Waals surface area contributed by atoms with Crippen LogP contribution >= 0.6 is 22.9 Å². The molecule has 0 amide bonds. The molecule has 8 heteroatoms. The summed E-state index contributed by atoms with van der Waals surface area (Å²) >= 11 is 7.21. The highest BCUT2D eigenvalue weighted by molar-refractivity contribution is 7.12. The van der Waals surface area contributed by atoms with Crippen molar-refractivity contribution in [2.75, 3.05) is 0 Å². The maximum atomic E-state index is 12.6. The Balaban J connectivity index is 1.95. The first kappa shape index (κ1) is 16.7. The van der Waals surface area contributed by atoms with Crippen molar-refractivity contribution in [1.29, 1.82) is 0 Å². The van der Waals surface area contributed by atoms with Crippen molar-refractivity contribution in [1.82, 2.24) is 9.78 Å². The van der Waals surface area contributed by atoms with Crippen LogP contribution in [0, 0.1) is 0 Å². The molecule has 124 valence electrons. The third-order valence-corrected chi connectivity index (χ3v) is 4.52. The molecule has 0 spiro atoms. The van der Waals surface area contributed by atoms with Crippen LogP contribution < -0.4 is 4.80 Å². The number of nitrogens with zero attached hydrogens (tertiary/aromatic N) is 3. The lowest BCUT2D eigenvalue weighted by atomic mass is 10.2. The molecule has 0 radical (unpaired) electrons. The molecule has 0 aliphatic rings. The number of aromatic nitrogens is 2. The van der Waals surface area contributed by atoms with E-state index in [1.807, 2.05) is 12.1 Å². The van der Waals surface area contributed by atoms with Crippen LogP contribution in [0.2, 0.25) is 5.02 Å². The minimum atomic E-state index is -4.35. The molecule has 0 atom stereocenters. The van der Waals surface area contributed by atoms with Crippen LogP contribution in [0.4, 0.5) is 18.9 Å². The minimum Gasteiger partial charge on any atom is -0.241 e.